The Balaban J connectivity index is 2.44. The fourth-order valence-electron chi connectivity index (χ4n) is 2.64. The first-order chi connectivity index (χ1) is 9.60. The number of hydrogen-bond acceptors (Lipinski definition) is 6. The van der Waals surface area contributed by atoms with Crippen LogP contribution in [-0.4, -0.2) is 47.2 Å². The van der Waals surface area contributed by atoms with E-state index in [1.165, 1.54) is 18.2 Å². The van der Waals surface area contributed by atoms with Crippen LogP contribution in [-0.2, 0) is 11.3 Å². The maximum absolute atomic E-state index is 12.0. The van der Waals surface area contributed by atoms with Crippen molar-refractivity contribution in [2.45, 2.75) is 38.8 Å². The lowest BCUT2D eigenvalue weighted by Crippen LogP contribution is -2.38. The highest BCUT2D eigenvalue weighted by Gasteiger charge is 2.30. The molecule has 112 valence electrons. The minimum atomic E-state index is -0.487. The number of carbonyl (C=O) groups is 1. The van der Waals surface area contributed by atoms with Gasteiger partial charge in [-0.15, -0.1) is 0 Å². The molecular formula is C13H22N4O3. The number of anilines is 2. The van der Waals surface area contributed by atoms with E-state index in [1.54, 1.807) is 0 Å². The number of nitrogens with two attached hydrogens (primary N) is 1. The number of carbonyl (C=O) groups excluding carboxylic acids is 1. The normalized spacial score (nSPS) is 19.1. The van der Waals surface area contributed by atoms with Crippen molar-refractivity contribution in [3.05, 3.63) is 5.56 Å². The summed E-state index contributed by atoms with van der Waals surface area (Å²) in [5, 5.41) is 13.5. The molecule has 1 unspecified atom stereocenters. The second-order valence-corrected chi connectivity index (χ2v) is 5.06. The van der Waals surface area contributed by atoms with E-state index in [4.69, 9.17) is 15.6 Å². The Labute approximate surface area is 118 Å². The minimum absolute atomic E-state index is 0.0819. The number of methoxy groups -OCH3 is 1. The second kappa shape index (κ2) is 6.13. The van der Waals surface area contributed by atoms with E-state index in [1.807, 2.05) is 0 Å². The fraction of sp³-hybridized carbons (Fsp3) is 0.692. The molecule has 1 saturated heterocycles. The van der Waals surface area contributed by atoms with Crippen LogP contribution in [0.5, 0.6) is 0 Å². The molecule has 1 aliphatic rings. The van der Waals surface area contributed by atoms with Gasteiger partial charge in [0.1, 0.15) is 11.4 Å². The molecule has 0 bridgehead atoms. The third-order valence-corrected chi connectivity index (χ3v) is 3.75. The predicted octanol–water partition coefficient (Wildman–Crippen LogP) is 0.623. The maximum atomic E-state index is 12.0. The summed E-state index contributed by atoms with van der Waals surface area (Å²) >= 11 is 0. The van der Waals surface area contributed by atoms with Crippen molar-refractivity contribution >= 4 is 17.6 Å². The van der Waals surface area contributed by atoms with Crippen molar-refractivity contribution < 1.29 is 14.6 Å². The van der Waals surface area contributed by atoms with Crippen LogP contribution in [0.1, 0.15) is 36.5 Å². The minimum Gasteiger partial charge on any atom is -0.465 e. The standard InChI is InChI=1S/C13H22N4O3/c1-9-5-3-4-6-16(9)12-10(13(19)20-2)11(14)17(15-12)7-8-18/h9,18H,3-8,14H2,1-2H3. The molecule has 7 heteroatoms. The number of nitrogen functional groups attached to an aromatic ring is 1. The Morgan fingerprint density at radius 1 is 1.55 bits per heavy atom. The largest absolute Gasteiger partial charge is 0.465 e. The first kappa shape index (κ1) is 14.6. The molecule has 20 heavy (non-hydrogen) atoms. The zero-order valence-electron chi connectivity index (χ0n) is 12.0. The maximum Gasteiger partial charge on any atom is 0.345 e. The molecule has 3 N–H and O–H groups in total. The van der Waals surface area contributed by atoms with E-state index in [9.17, 15) is 4.79 Å². The molecule has 0 spiro atoms. The smallest absolute Gasteiger partial charge is 0.345 e. The number of aliphatic hydroxyl groups is 1. The monoisotopic (exact) mass is 282 g/mol. The van der Waals surface area contributed by atoms with Crippen LogP contribution >= 0.6 is 0 Å². The van der Waals surface area contributed by atoms with Crippen molar-refractivity contribution in [1.82, 2.24) is 9.78 Å². The zero-order chi connectivity index (χ0) is 14.7. The Bertz CT molecular complexity index is 486. The van der Waals surface area contributed by atoms with Gasteiger partial charge < -0.3 is 20.5 Å². The topological polar surface area (TPSA) is 93.6 Å². The second-order valence-electron chi connectivity index (χ2n) is 5.06. The fourth-order valence-corrected chi connectivity index (χ4v) is 2.64. The molecule has 2 rings (SSSR count). The van der Waals surface area contributed by atoms with E-state index >= 15 is 0 Å². The molecule has 7 nitrogen and oxygen atoms in total. The van der Waals surface area contributed by atoms with E-state index in [0.29, 0.717) is 17.4 Å². The molecule has 1 fully saturated rings. The molecule has 0 aromatic carbocycles. The van der Waals surface area contributed by atoms with Gasteiger partial charge in [0.25, 0.3) is 0 Å². The number of aromatic nitrogens is 2. The van der Waals surface area contributed by atoms with Gasteiger partial charge in [-0.3, -0.25) is 0 Å². The van der Waals surface area contributed by atoms with Crippen LogP contribution < -0.4 is 10.6 Å². The van der Waals surface area contributed by atoms with Gasteiger partial charge in [-0.2, -0.15) is 5.10 Å². The van der Waals surface area contributed by atoms with Gasteiger partial charge in [0.2, 0.25) is 0 Å². The van der Waals surface area contributed by atoms with Crippen LogP contribution in [0.3, 0.4) is 0 Å². The molecule has 1 aromatic heterocycles. The average molecular weight is 282 g/mol. The molecule has 1 aliphatic heterocycles. The van der Waals surface area contributed by atoms with E-state index < -0.39 is 5.97 Å². The first-order valence-corrected chi connectivity index (χ1v) is 6.92. The van der Waals surface area contributed by atoms with Crippen molar-refractivity contribution in [3.63, 3.8) is 0 Å². The molecule has 1 aromatic rings. The lowest BCUT2D eigenvalue weighted by molar-refractivity contribution is 0.0602. The van der Waals surface area contributed by atoms with Gasteiger partial charge in [-0.25, -0.2) is 9.48 Å². The molecule has 2 heterocycles. The molecule has 0 amide bonds. The summed E-state index contributed by atoms with van der Waals surface area (Å²) in [6.07, 6.45) is 3.31. The first-order valence-electron chi connectivity index (χ1n) is 6.92. The molecular weight excluding hydrogens is 260 g/mol. The number of esters is 1. The van der Waals surface area contributed by atoms with Gasteiger partial charge in [0, 0.05) is 12.6 Å². The van der Waals surface area contributed by atoms with Gasteiger partial charge in [-0.1, -0.05) is 0 Å². The zero-order valence-corrected chi connectivity index (χ0v) is 12.0. The van der Waals surface area contributed by atoms with Crippen molar-refractivity contribution in [3.8, 4) is 0 Å². The number of rotatable bonds is 4. The Hall–Kier alpha value is -1.76. The summed E-state index contributed by atoms with van der Waals surface area (Å²) in [4.78, 5) is 14.1. The average Bonchev–Trinajstić information content (AvgIpc) is 2.76. The summed E-state index contributed by atoms with van der Waals surface area (Å²) in [5.74, 6) is 0.327. The summed E-state index contributed by atoms with van der Waals surface area (Å²) < 4.78 is 6.28. The SMILES string of the molecule is COC(=O)c1c(N2CCCCC2C)nn(CCO)c1N. The van der Waals surface area contributed by atoms with E-state index in [2.05, 4.69) is 16.9 Å². The van der Waals surface area contributed by atoms with Crippen LogP contribution in [0.2, 0.25) is 0 Å². The lowest BCUT2D eigenvalue weighted by atomic mass is 10.0. The molecule has 1 atom stereocenters. The van der Waals surface area contributed by atoms with Gasteiger partial charge in [-0.05, 0) is 26.2 Å². The van der Waals surface area contributed by atoms with Crippen LogP contribution in [0.25, 0.3) is 0 Å². The third kappa shape index (κ3) is 2.58. The third-order valence-electron chi connectivity index (χ3n) is 3.75. The van der Waals surface area contributed by atoms with E-state index in [-0.39, 0.29) is 19.0 Å². The van der Waals surface area contributed by atoms with Gasteiger partial charge in [0.15, 0.2) is 5.82 Å². The Morgan fingerprint density at radius 3 is 2.90 bits per heavy atom. The molecule has 0 saturated carbocycles. The highest BCUT2D eigenvalue weighted by atomic mass is 16.5. The van der Waals surface area contributed by atoms with E-state index in [0.717, 1.165) is 19.4 Å². The van der Waals surface area contributed by atoms with Crippen LogP contribution in [0.4, 0.5) is 11.6 Å². The number of hydrogen-bond donors (Lipinski definition) is 2. The highest BCUT2D eigenvalue weighted by molar-refractivity contribution is 5.99. The highest BCUT2D eigenvalue weighted by Crippen LogP contribution is 2.30. The van der Waals surface area contributed by atoms with Gasteiger partial charge in [0.05, 0.1) is 20.3 Å². The van der Waals surface area contributed by atoms with Crippen molar-refractivity contribution in [2.24, 2.45) is 0 Å². The quantitative estimate of drug-likeness (QED) is 0.786. The predicted molar refractivity (Wildman–Crippen MR) is 75.7 cm³/mol. The number of ether oxygens (including phenoxy) is 1. The van der Waals surface area contributed by atoms with Crippen LogP contribution in [0.15, 0.2) is 0 Å². The van der Waals surface area contributed by atoms with Gasteiger partial charge >= 0.3 is 5.97 Å². The van der Waals surface area contributed by atoms with Crippen LogP contribution in [0, 0.1) is 0 Å². The number of nitrogens with zero attached hydrogens (tertiary/aromatic N) is 3. The summed E-state index contributed by atoms with van der Waals surface area (Å²) in [7, 11) is 1.33. The molecule has 0 aliphatic carbocycles. The number of piperidine rings is 1. The Morgan fingerprint density at radius 2 is 2.30 bits per heavy atom. The van der Waals surface area contributed by atoms with Crippen molar-refractivity contribution in [1.29, 1.82) is 0 Å². The lowest BCUT2D eigenvalue weighted by Gasteiger charge is -2.33. The number of aliphatic hydroxyl groups excluding tert-OH is 1. The van der Waals surface area contributed by atoms with Crippen molar-refractivity contribution in [2.75, 3.05) is 30.9 Å². The Kier molecular flexibility index (Phi) is 4.49. The summed E-state index contributed by atoms with van der Waals surface area (Å²) in [6.45, 7) is 3.14. The summed E-state index contributed by atoms with van der Waals surface area (Å²) in [5.41, 5.74) is 6.28. The summed E-state index contributed by atoms with van der Waals surface area (Å²) in [6, 6.07) is 0.309. The molecule has 0 radical (unpaired) electrons.